The highest BCUT2D eigenvalue weighted by Gasteiger charge is 2.12. The van der Waals surface area contributed by atoms with Crippen LogP contribution in [0.1, 0.15) is 19.0 Å². The van der Waals surface area contributed by atoms with Crippen LogP contribution < -0.4 is 20.1 Å². The van der Waals surface area contributed by atoms with Gasteiger partial charge in [0.2, 0.25) is 0 Å². The molecule has 7 nitrogen and oxygen atoms in total. The van der Waals surface area contributed by atoms with Gasteiger partial charge in [-0.2, -0.15) is 0 Å². The third kappa shape index (κ3) is 5.65. The highest BCUT2D eigenvalue weighted by atomic mass is 127. The van der Waals surface area contributed by atoms with E-state index in [1.54, 1.807) is 0 Å². The molecule has 2 heterocycles. The van der Waals surface area contributed by atoms with Crippen molar-refractivity contribution in [2.45, 2.75) is 19.9 Å². The number of ether oxygens (including phenoxy) is 2. The second-order valence-corrected chi connectivity index (χ2v) is 6.58. The lowest BCUT2D eigenvalue weighted by Crippen LogP contribution is -2.30. The van der Waals surface area contributed by atoms with Gasteiger partial charge in [0, 0.05) is 36.3 Å². The first-order chi connectivity index (χ1) is 14.3. The maximum atomic E-state index is 5.76. The topological polar surface area (TPSA) is 80.9 Å². The predicted octanol–water partition coefficient (Wildman–Crippen LogP) is 4.70. The van der Waals surface area contributed by atoms with E-state index in [-0.39, 0.29) is 24.0 Å². The van der Waals surface area contributed by atoms with E-state index in [0.29, 0.717) is 25.7 Å². The maximum absolute atomic E-state index is 5.76. The number of nitrogens with one attached hydrogen (secondary N) is 2. The lowest BCUT2D eigenvalue weighted by atomic mass is 10.2. The molecule has 0 amide bonds. The molecule has 0 spiro atoms. The van der Waals surface area contributed by atoms with E-state index in [9.17, 15) is 0 Å². The Bertz CT molecular complexity index is 976. The first-order valence-corrected chi connectivity index (χ1v) is 9.78. The molecule has 2 N–H and O–H groups in total. The van der Waals surface area contributed by atoms with Crippen LogP contribution in [-0.4, -0.2) is 30.9 Å². The van der Waals surface area contributed by atoms with Gasteiger partial charge in [0.25, 0.3) is 0 Å². The van der Waals surface area contributed by atoms with Gasteiger partial charge in [-0.05, 0) is 19.1 Å². The number of halogens is 1. The normalized spacial score (nSPS) is 13.2. The highest BCUT2D eigenvalue weighted by molar-refractivity contribution is 14.0. The fourth-order valence-corrected chi connectivity index (χ4v) is 2.97. The number of anilines is 1. The summed E-state index contributed by atoms with van der Waals surface area (Å²) in [5.74, 6) is 2.90. The second-order valence-electron chi connectivity index (χ2n) is 6.58. The fourth-order valence-electron chi connectivity index (χ4n) is 2.97. The largest absolute Gasteiger partial charge is 0.490 e. The highest BCUT2D eigenvalue weighted by Crippen LogP contribution is 2.32. The molecule has 0 atom stereocenters. The number of rotatable bonds is 5. The van der Waals surface area contributed by atoms with Crippen molar-refractivity contribution >= 4 is 35.6 Å². The fraction of sp³-hybridized carbons (Fsp3) is 0.273. The summed E-state index contributed by atoms with van der Waals surface area (Å²) in [5, 5.41) is 10.7. The van der Waals surface area contributed by atoms with E-state index in [1.807, 2.05) is 61.5 Å². The molecule has 0 unspecified atom stereocenters. The number of fused-ring (bicyclic) bond motifs is 1. The van der Waals surface area contributed by atoms with Gasteiger partial charge < -0.3 is 24.6 Å². The summed E-state index contributed by atoms with van der Waals surface area (Å²) in [4.78, 5) is 4.62. The van der Waals surface area contributed by atoms with Crippen molar-refractivity contribution in [1.82, 2.24) is 10.5 Å². The molecule has 158 valence electrons. The molecule has 1 aromatic heterocycles. The number of guanidine groups is 1. The van der Waals surface area contributed by atoms with Crippen molar-refractivity contribution in [3.63, 3.8) is 0 Å². The molecule has 0 saturated heterocycles. The Morgan fingerprint density at radius 1 is 1.03 bits per heavy atom. The molecule has 8 heteroatoms. The first kappa shape index (κ1) is 21.9. The van der Waals surface area contributed by atoms with Gasteiger partial charge in [-0.25, -0.2) is 4.99 Å². The summed E-state index contributed by atoms with van der Waals surface area (Å²) < 4.78 is 16.9. The predicted molar refractivity (Wildman–Crippen MR) is 128 cm³/mol. The van der Waals surface area contributed by atoms with Crippen LogP contribution in [0.5, 0.6) is 11.5 Å². The minimum atomic E-state index is 0. The minimum Gasteiger partial charge on any atom is -0.490 e. The zero-order valence-electron chi connectivity index (χ0n) is 16.8. The summed E-state index contributed by atoms with van der Waals surface area (Å²) in [7, 11) is 0. The van der Waals surface area contributed by atoms with Gasteiger partial charge in [0.1, 0.15) is 5.69 Å². The van der Waals surface area contributed by atoms with Crippen LogP contribution in [0.15, 0.2) is 64.1 Å². The Kier molecular flexibility index (Phi) is 7.95. The van der Waals surface area contributed by atoms with Gasteiger partial charge in [-0.3, -0.25) is 0 Å². The van der Waals surface area contributed by atoms with Crippen LogP contribution in [0.3, 0.4) is 0 Å². The van der Waals surface area contributed by atoms with Crippen molar-refractivity contribution < 1.29 is 14.0 Å². The van der Waals surface area contributed by atoms with Gasteiger partial charge >= 0.3 is 0 Å². The molecule has 0 aliphatic carbocycles. The Morgan fingerprint density at radius 3 is 2.63 bits per heavy atom. The molecule has 4 rings (SSSR count). The van der Waals surface area contributed by atoms with Gasteiger partial charge in [-0.1, -0.05) is 35.5 Å². The van der Waals surface area contributed by atoms with Crippen molar-refractivity contribution in [2.24, 2.45) is 4.99 Å². The molecule has 30 heavy (non-hydrogen) atoms. The minimum absolute atomic E-state index is 0. The van der Waals surface area contributed by atoms with Crippen LogP contribution in [0.25, 0.3) is 11.3 Å². The molecule has 0 fully saturated rings. The molecule has 1 aliphatic heterocycles. The zero-order chi connectivity index (χ0) is 19.9. The van der Waals surface area contributed by atoms with Crippen molar-refractivity contribution in [2.75, 3.05) is 25.1 Å². The Labute approximate surface area is 192 Å². The van der Waals surface area contributed by atoms with Crippen molar-refractivity contribution in [3.05, 3.63) is 60.3 Å². The van der Waals surface area contributed by atoms with E-state index in [4.69, 9.17) is 14.0 Å². The number of nitrogens with zero attached hydrogens (tertiary/aromatic N) is 2. The molecule has 0 saturated carbocycles. The molecule has 2 aromatic carbocycles. The summed E-state index contributed by atoms with van der Waals surface area (Å²) in [6, 6.07) is 17.6. The van der Waals surface area contributed by atoms with E-state index in [0.717, 1.165) is 47.2 Å². The van der Waals surface area contributed by atoms with Crippen molar-refractivity contribution in [3.8, 4) is 22.8 Å². The summed E-state index contributed by atoms with van der Waals surface area (Å²) in [6.07, 6.45) is 0.879. The molecular weight excluding hydrogens is 495 g/mol. The average molecular weight is 520 g/mol. The van der Waals surface area contributed by atoms with Gasteiger partial charge in [0.15, 0.2) is 23.2 Å². The van der Waals surface area contributed by atoms with E-state index in [2.05, 4.69) is 20.8 Å². The quantitative estimate of drug-likeness (QED) is 0.289. The third-order valence-electron chi connectivity index (χ3n) is 4.37. The van der Waals surface area contributed by atoms with E-state index in [1.165, 1.54) is 0 Å². The summed E-state index contributed by atoms with van der Waals surface area (Å²) >= 11 is 0. The molecule has 1 aliphatic rings. The van der Waals surface area contributed by atoms with Crippen LogP contribution in [0.2, 0.25) is 0 Å². The van der Waals surface area contributed by atoms with Crippen LogP contribution in [0.4, 0.5) is 5.69 Å². The van der Waals surface area contributed by atoms with E-state index >= 15 is 0 Å². The Morgan fingerprint density at radius 2 is 1.83 bits per heavy atom. The summed E-state index contributed by atoms with van der Waals surface area (Å²) in [6.45, 7) is 4.49. The standard InChI is InChI=1S/C22H24N4O3.HI/c1-2-23-22(25-17-9-10-19-21(13-17)28-12-6-11-27-19)24-15-18-14-20(29-26-18)16-7-4-3-5-8-16;/h3-5,7-10,13-14H,2,6,11-12,15H2,1H3,(H2,23,24,25);1H. The second kappa shape index (κ2) is 10.9. The zero-order valence-corrected chi connectivity index (χ0v) is 19.1. The van der Waals surface area contributed by atoms with Crippen molar-refractivity contribution in [1.29, 1.82) is 0 Å². The Balaban J connectivity index is 0.00000256. The molecule has 3 aromatic rings. The molecule has 0 bridgehead atoms. The molecule has 0 radical (unpaired) electrons. The lowest BCUT2D eigenvalue weighted by Gasteiger charge is -2.13. The summed E-state index contributed by atoms with van der Waals surface area (Å²) in [5.41, 5.74) is 2.63. The van der Waals surface area contributed by atoms with Crippen LogP contribution >= 0.6 is 24.0 Å². The SMILES string of the molecule is CCNC(=NCc1cc(-c2ccccc2)on1)Nc1ccc2c(c1)OCCCO2.I. The number of hydrogen-bond acceptors (Lipinski definition) is 5. The van der Waals surface area contributed by atoms with E-state index < -0.39 is 0 Å². The number of benzene rings is 2. The van der Waals surface area contributed by atoms with Crippen LogP contribution in [0, 0.1) is 0 Å². The van der Waals surface area contributed by atoms with Crippen LogP contribution in [-0.2, 0) is 6.54 Å². The number of aliphatic imine (C=N–C) groups is 1. The maximum Gasteiger partial charge on any atom is 0.196 e. The van der Waals surface area contributed by atoms with Gasteiger partial charge in [-0.15, -0.1) is 24.0 Å². The first-order valence-electron chi connectivity index (χ1n) is 9.78. The monoisotopic (exact) mass is 520 g/mol. The average Bonchev–Trinajstić information content (AvgIpc) is 3.11. The lowest BCUT2D eigenvalue weighted by molar-refractivity contribution is 0.297. The van der Waals surface area contributed by atoms with Gasteiger partial charge in [0.05, 0.1) is 19.8 Å². The number of hydrogen-bond donors (Lipinski definition) is 2. The molecular formula is C22H25IN4O3. The Hall–Kier alpha value is -2.75. The third-order valence-corrected chi connectivity index (χ3v) is 4.37. The smallest absolute Gasteiger partial charge is 0.196 e. The number of aromatic nitrogens is 1.